The van der Waals surface area contributed by atoms with Gasteiger partial charge in [0.2, 0.25) is 0 Å². The number of imide groups is 1. The summed E-state index contributed by atoms with van der Waals surface area (Å²) >= 11 is 5.95. The van der Waals surface area contributed by atoms with Gasteiger partial charge in [-0.15, -0.1) is 0 Å². The lowest BCUT2D eigenvalue weighted by Gasteiger charge is -2.36. The van der Waals surface area contributed by atoms with Gasteiger partial charge in [0.05, 0.1) is 16.3 Å². The maximum atomic E-state index is 13.7. The van der Waals surface area contributed by atoms with Crippen LogP contribution in [0.15, 0.2) is 42.1 Å². The van der Waals surface area contributed by atoms with Gasteiger partial charge in [-0.1, -0.05) is 42.3 Å². The van der Waals surface area contributed by atoms with E-state index in [1.54, 1.807) is 0 Å². The summed E-state index contributed by atoms with van der Waals surface area (Å²) in [5.41, 5.74) is 3.83. The summed E-state index contributed by atoms with van der Waals surface area (Å²) in [5.74, 6) is -1.40. The van der Waals surface area contributed by atoms with Crippen molar-refractivity contribution in [3.8, 4) is 0 Å². The Balaban J connectivity index is 1.82. The number of halogens is 2. The first kappa shape index (κ1) is 21.5. The minimum atomic E-state index is -0.594. The molecule has 31 heavy (non-hydrogen) atoms. The predicted octanol–water partition coefficient (Wildman–Crippen LogP) is 4.02. The van der Waals surface area contributed by atoms with Gasteiger partial charge in [0, 0.05) is 26.2 Å². The summed E-state index contributed by atoms with van der Waals surface area (Å²) in [6.45, 7) is 9.96. The van der Waals surface area contributed by atoms with Crippen LogP contribution in [0, 0.1) is 19.7 Å². The zero-order valence-electron chi connectivity index (χ0n) is 17.9. The minimum Gasteiger partial charge on any atom is -0.364 e. The molecule has 0 spiro atoms. The zero-order chi connectivity index (χ0) is 22.3. The molecule has 0 N–H and O–H groups in total. The number of carbonyl (C=O) groups is 2. The van der Waals surface area contributed by atoms with Crippen molar-refractivity contribution in [2.24, 2.45) is 0 Å². The highest BCUT2D eigenvalue weighted by Crippen LogP contribution is 2.37. The van der Waals surface area contributed by atoms with Gasteiger partial charge in [0.25, 0.3) is 11.8 Å². The van der Waals surface area contributed by atoms with Gasteiger partial charge < -0.3 is 9.80 Å². The van der Waals surface area contributed by atoms with Gasteiger partial charge in [-0.25, -0.2) is 9.29 Å². The van der Waals surface area contributed by atoms with Gasteiger partial charge in [-0.3, -0.25) is 9.59 Å². The van der Waals surface area contributed by atoms with Gasteiger partial charge >= 0.3 is 0 Å². The summed E-state index contributed by atoms with van der Waals surface area (Å²) in [7, 11) is 0. The number of piperazine rings is 1. The molecule has 0 saturated carbocycles. The SMILES string of the molecule is CCN1CCN(C2=C(c3ccc(C)cc3C)C(=O)N(c3ccc(F)c(Cl)c3)C2=O)CC1. The van der Waals surface area contributed by atoms with E-state index < -0.39 is 17.6 Å². The maximum absolute atomic E-state index is 13.7. The molecule has 2 heterocycles. The van der Waals surface area contributed by atoms with E-state index in [2.05, 4.69) is 11.8 Å². The van der Waals surface area contributed by atoms with E-state index in [0.29, 0.717) is 24.4 Å². The van der Waals surface area contributed by atoms with Crippen molar-refractivity contribution in [3.63, 3.8) is 0 Å². The van der Waals surface area contributed by atoms with E-state index >= 15 is 0 Å². The number of hydrogen-bond acceptors (Lipinski definition) is 4. The maximum Gasteiger partial charge on any atom is 0.282 e. The second-order valence-electron chi connectivity index (χ2n) is 8.01. The van der Waals surface area contributed by atoms with E-state index in [-0.39, 0.29) is 10.7 Å². The Hall–Kier alpha value is -2.70. The third-order valence-corrected chi connectivity index (χ3v) is 6.30. The number of rotatable bonds is 4. The molecule has 2 aliphatic rings. The van der Waals surface area contributed by atoms with Gasteiger partial charge in [-0.2, -0.15) is 0 Å². The molecule has 2 aromatic rings. The van der Waals surface area contributed by atoms with E-state index in [1.807, 2.05) is 36.9 Å². The molecular weight excluding hydrogens is 417 g/mol. The summed E-state index contributed by atoms with van der Waals surface area (Å²) in [6.07, 6.45) is 0. The first-order chi connectivity index (χ1) is 14.8. The van der Waals surface area contributed by atoms with Crippen molar-refractivity contribution in [3.05, 3.63) is 69.6 Å². The number of nitrogens with zero attached hydrogens (tertiary/aromatic N) is 3. The quantitative estimate of drug-likeness (QED) is 0.672. The molecule has 0 aliphatic carbocycles. The van der Waals surface area contributed by atoms with E-state index in [1.165, 1.54) is 18.2 Å². The van der Waals surface area contributed by atoms with Crippen LogP contribution in [0.4, 0.5) is 10.1 Å². The topological polar surface area (TPSA) is 43.9 Å². The Morgan fingerprint density at radius 1 is 0.968 bits per heavy atom. The normalized spacial score (nSPS) is 17.8. The monoisotopic (exact) mass is 441 g/mol. The average Bonchev–Trinajstić information content (AvgIpc) is 3.00. The van der Waals surface area contributed by atoms with Crippen LogP contribution in [-0.4, -0.2) is 54.3 Å². The molecule has 0 radical (unpaired) electrons. The number of hydrogen-bond donors (Lipinski definition) is 0. The minimum absolute atomic E-state index is 0.129. The van der Waals surface area contributed by atoms with Gasteiger partial charge in [0.1, 0.15) is 11.5 Å². The van der Waals surface area contributed by atoms with Crippen LogP contribution in [-0.2, 0) is 9.59 Å². The molecule has 0 unspecified atom stereocenters. The highest BCUT2D eigenvalue weighted by atomic mass is 35.5. The van der Waals surface area contributed by atoms with Crippen molar-refractivity contribution < 1.29 is 14.0 Å². The van der Waals surface area contributed by atoms with E-state index in [9.17, 15) is 14.0 Å². The second-order valence-corrected chi connectivity index (χ2v) is 8.41. The Bertz CT molecular complexity index is 1090. The Kier molecular flexibility index (Phi) is 5.86. The standard InChI is InChI=1S/C24H25ClFN3O2/c1-4-27-9-11-28(12-10-27)22-21(18-7-5-15(2)13-16(18)3)23(30)29(24(22)31)17-6-8-20(26)19(25)14-17/h5-8,13-14H,4,9-12H2,1-3H3. The van der Waals surface area contributed by atoms with Crippen LogP contribution in [0.25, 0.3) is 5.57 Å². The highest BCUT2D eigenvalue weighted by molar-refractivity contribution is 6.45. The first-order valence-corrected chi connectivity index (χ1v) is 10.8. The number of anilines is 1. The first-order valence-electron chi connectivity index (χ1n) is 10.4. The van der Waals surface area contributed by atoms with Crippen LogP contribution in [0.2, 0.25) is 5.02 Å². The van der Waals surface area contributed by atoms with Crippen LogP contribution >= 0.6 is 11.6 Å². The highest BCUT2D eigenvalue weighted by Gasteiger charge is 2.43. The largest absolute Gasteiger partial charge is 0.364 e. The van der Waals surface area contributed by atoms with Gasteiger partial charge in [0.15, 0.2) is 0 Å². The lowest BCUT2D eigenvalue weighted by atomic mass is 9.97. The lowest BCUT2D eigenvalue weighted by Crippen LogP contribution is -2.47. The molecule has 0 bridgehead atoms. The predicted molar refractivity (Wildman–Crippen MR) is 120 cm³/mol. The lowest BCUT2D eigenvalue weighted by molar-refractivity contribution is -0.120. The Morgan fingerprint density at radius 3 is 2.29 bits per heavy atom. The molecule has 0 atom stereocenters. The molecule has 2 amide bonds. The molecular formula is C24H25ClFN3O2. The van der Waals surface area contributed by atoms with Gasteiger partial charge in [-0.05, 0) is 49.7 Å². The summed E-state index contributed by atoms with van der Waals surface area (Å²) < 4.78 is 13.7. The van der Waals surface area contributed by atoms with Crippen LogP contribution in [0.5, 0.6) is 0 Å². The zero-order valence-corrected chi connectivity index (χ0v) is 18.7. The molecule has 2 aliphatic heterocycles. The van der Waals surface area contributed by atoms with Crippen molar-refractivity contribution in [1.82, 2.24) is 9.80 Å². The van der Waals surface area contributed by atoms with Crippen molar-refractivity contribution in [2.75, 3.05) is 37.6 Å². The fourth-order valence-corrected chi connectivity index (χ4v) is 4.47. The molecule has 1 saturated heterocycles. The van der Waals surface area contributed by atoms with Crippen molar-refractivity contribution >= 4 is 34.7 Å². The van der Waals surface area contributed by atoms with Crippen LogP contribution in [0.3, 0.4) is 0 Å². The fraction of sp³-hybridized carbons (Fsp3) is 0.333. The molecule has 2 aromatic carbocycles. The number of amides is 2. The molecule has 1 fully saturated rings. The Morgan fingerprint density at radius 2 is 1.68 bits per heavy atom. The summed E-state index contributed by atoms with van der Waals surface area (Å²) in [4.78, 5) is 32.6. The third-order valence-electron chi connectivity index (χ3n) is 6.01. The van der Waals surface area contributed by atoms with E-state index in [4.69, 9.17) is 11.6 Å². The smallest absolute Gasteiger partial charge is 0.282 e. The molecule has 0 aromatic heterocycles. The number of aryl methyl sites for hydroxylation is 2. The van der Waals surface area contributed by atoms with Crippen molar-refractivity contribution in [1.29, 1.82) is 0 Å². The second kappa shape index (κ2) is 8.44. The molecule has 5 nitrogen and oxygen atoms in total. The van der Waals surface area contributed by atoms with Crippen LogP contribution in [0.1, 0.15) is 23.6 Å². The molecule has 7 heteroatoms. The molecule has 4 rings (SSSR count). The molecule has 162 valence electrons. The number of carbonyl (C=O) groups excluding carboxylic acids is 2. The van der Waals surface area contributed by atoms with Crippen LogP contribution < -0.4 is 4.90 Å². The van der Waals surface area contributed by atoms with Crippen molar-refractivity contribution in [2.45, 2.75) is 20.8 Å². The summed E-state index contributed by atoms with van der Waals surface area (Å²) in [5, 5.41) is -0.129. The van der Waals surface area contributed by atoms with E-state index in [0.717, 1.165) is 41.2 Å². The Labute approximate surface area is 186 Å². The summed E-state index contributed by atoms with van der Waals surface area (Å²) in [6, 6.07) is 9.75. The number of likely N-dealkylation sites (N-methyl/N-ethyl adjacent to an activating group) is 1. The fourth-order valence-electron chi connectivity index (χ4n) is 4.29. The number of benzene rings is 2. The average molecular weight is 442 g/mol. The third kappa shape index (κ3) is 3.86.